The van der Waals surface area contributed by atoms with E-state index in [1.54, 1.807) is 31.2 Å². The van der Waals surface area contributed by atoms with E-state index in [0.29, 0.717) is 0 Å². The number of carbonyl (C=O) groups is 1. The summed E-state index contributed by atoms with van der Waals surface area (Å²) < 4.78 is 71.5. The summed E-state index contributed by atoms with van der Waals surface area (Å²) in [7, 11) is -3.67. The fourth-order valence-corrected chi connectivity index (χ4v) is 5.01. The summed E-state index contributed by atoms with van der Waals surface area (Å²) in [5, 5.41) is 2.54. The first-order valence-electron chi connectivity index (χ1n) is 10.2. The number of alkyl halides is 3. The molecule has 2 aromatic rings. The molecule has 1 N–H and O–H groups in total. The molecule has 1 amide bonds. The minimum absolute atomic E-state index is 0.0543. The molecule has 32 heavy (non-hydrogen) atoms. The average Bonchev–Trinajstić information content (AvgIpc) is 2.74. The summed E-state index contributed by atoms with van der Waals surface area (Å²) in [6.45, 7) is 4.07. The lowest BCUT2D eigenvalue weighted by atomic mass is 9.97. The van der Waals surface area contributed by atoms with Gasteiger partial charge in [0.2, 0.25) is 15.9 Å². The zero-order valence-electron chi connectivity index (χ0n) is 17.8. The molecule has 1 saturated heterocycles. The van der Waals surface area contributed by atoms with Crippen LogP contribution in [0.2, 0.25) is 0 Å². The molecule has 0 aromatic heterocycles. The Kier molecular flexibility index (Phi) is 7.14. The molecule has 1 heterocycles. The number of carbonyl (C=O) groups excluding carboxylic acids is 1. The highest BCUT2D eigenvalue weighted by Gasteiger charge is 2.34. The summed E-state index contributed by atoms with van der Waals surface area (Å²) in [6.07, 6.45) is -4.03. The van der Waals surface area contributed by atoms with E-state index in [-0.39, 0.29) is 48.9 Å². The zero-order chi connectivity index (χ0) is 23.5. The highest BCUT2D eigenvalue weighted by molar-refractivity contribution is 7.89. The first kappa shape index (κ1) is 24.1. The summed E-state index contributed by atoms with van der Waals surface area (Å²) in [6, 6.07) is 9.46. The van der Waals surface area contributed by atoms with Crippen molar-refractivity contribution in [3.8, 4) is 5.75 Å². The first-order valence-corrected chi connectivity index (χ1v) is 11.7. The van der Waals surface area contributed by atoms with E-state index in [1.165, 1.54) is 10.4 Å². The van der Waals surface area contributed by atoms with Gasteiger partial charge in [-0.1, -0.05) is 17.7 Å². The van der Waals surface area contributed by atoms with Gasteiger partial charge in [0, 0.05) is 19.0 Å². The number of piperidine rings is 1. The highest BCUT2D eigenvalue weighted by Crippen LogP contribution is 2.35. The monoisotopic (exact) mass is 470 g/mol. The Morgan fingerprint density at radius 3 is 2.31 bits per heavy atom. The Morgan fingerprint density at radius 1 is 1.12 bits per heavy atom. The molecule has 0 aliphatic carbocycles. The fourth-order valence-electron chi connectivity index (χ4n) is 3.54. The molecular weight excluding hydrogens is 445 g/mol. The number of rotatable bonds is 6. The van der Waals surface area contributed by atoms with Gasteiger partial charge < -0.3 is 10.1 Å². The van der Waals surface area contributed by atoms with E-state index in [9.17, 15) is 26.4 Å². The minimum Gasteiger partial charge on any atom is -0.492 e. The third-order valence-electron chi connectivity index (χ3n) is 5.35. The Labute approximate surface area is 185 Å². The van der Waals surface area contributed by atoms with Gasteiger partial charge >= 0.3 is 6.18 Å². The molecule has 10 heteroatoms. The SMILES string of the molecule is CCOc1ccc(C(F)(F)F)cc1NC(=O)C1CCN(S(=O)(=O)c2ccc(C)cc2)CC1. The van der Waals surface area contributed by atoms with E-state index < -0.39 is 33.6 Å². The van der Waals surface area contributed by atoms with Gasteiger partial charge in [0.15, 0.2) is 0 Å². The number of aryl methyl sites for hydroxylation is 1. The van der Waals surface area contributed by atoms with Gasteiger partial charge in [-0.25, -0.2) is 8.42 Å². The van der Waals surface area contributed by atoms with Gasteiger partial charge in [-0.05, 0) is 57.0 Å². The summed E-state index contributed by atoms with van der Waals surface area (Å²) >= 11 is 0. The maximum atomic E-state index is 13.1. The lowest BCUT2D eigenvalue weighted by Gasteiger charge is -2.30. The number of nitrogens with one attached hydrogen (secondary N) is 1. The van der Waals surface area contributed by atoms with Crippen LogP contribution in [0, 0.1) is 12.8 Å². The first-order chi connectivity index (χ1) is 15.0. The molecule has 0 atom stereocenters. The maximum absolute atomic E-state index is 13.1. The number of amides is 1. The van der Waals surface area contributed by atoms with E-state index in [2.05, 4.69) is 5.32 Å². The van der Waals surface area contributed by atoms with Crippen molar-refractivity contribution in [1.82, 2.24) is 4.31 Å². The molecular formula is C22H25F3N2O4S. The molecule has 3 rings (SSSR count). The predicted octanol–water partition coefficient (Wildman–Crippen LogP) is 4.45. The Morgan fingerprint density at radius 2 is 1.75 bits per heavy atom. The van der Waals surface area contributed by atoms with Gasteiger partial charge in [-0.2, -0.15) is 17.5 Å². The lowest BCUT2D eigenvalue weighted by molar-refractivity contribution is -0.137. The molecule has 0 saturated carbocycles. The second-order valence-corrected chi connectivity index (χ2v) is 9.56. The van der Waals surface area contributed by atoms with Gasteiger partial charge in [-0.3, -0.25) is 4.79 Å². The largest absolute Gasteiger partial charge is 0.492 e. The normalized spacial score (nSPS) is 16.0. The third kappa shape index (κ3) is 5.42. The van der Waals surface area contributed by atoms with E-state index in [0.717, 1.165) is 17.7 Å². The van der Waals surface area contributed by atoms with Crippen LogP contribution in [-0.4, -0.2) is 38.3 Å². The van der Waals surface area contributed by atoms with Crippen LogP contribution in [0.3, 0.4) is 0 Å². The van der Waals surface area contributed by atoms with Crippen LogP contribution >= 0.6 is 0 Å². The Bertz CT molecular complexity index is 1060. The van der Waals surface area contributed by atoms with Gasteiger partial charge in [0.1, 0.15) is 5.75 Å². The van der Waals surface area contributed by atoms with E-state index in [1.807, 2.05) is 6.92 Å². The number of nitrogens with zero attached hydrogens (tertiary/aromatic N) is 1. The fraction of sp³-hybridized carbons (Fsp3) is 0.409. The molecule has 0 bridgehead atoms. The van der Waals surface area contributed by atoms with Gasteiger partial charge in [-0.15, -0.1) is 0 Å². The highest BCUT2D eigenvalue weighted by atomic mass is 32.2. The zero-order valence-corrected chi connectivity index (χ0v) is 18.6. The summed E-state index contributed by atoms with van der Waals surface area (Å²) in [4.78, 5) is 12.9. The summed E-state index contributed by atoms with van der Waals surface area (Å²) in [5.74, 6) is -0.839. The second-order valence-electron chi connectivity index (χ2n) is 7.62. The van der Waals surface area contributed by atoms with Crippen molar-refractivity contribution in [3.05, 3.63) is 53.6 Å². The van der Waals surface area contributed by atoms with Crippen molar-refractivity contribution in [2.75, 3.05) is 25.0 Å². The van der Waals surface area contributed by atoms with Crippen molar-refractivity contribution >= 4 is 21.6 Å². The number of anilines is 1. The molecule has 2 aromatic carbocycles. The number of hydrogen-bond donors (Lipinski definition) is 1. The number of benzene rings is 2. The number of halogens is 3. The minimum atomic E-state index is -4.56. The van der Waals surface area contributed by atoms with Crippen molar-refractivity contribution in [2.45, 2.75) is 37.8 Å². The standard InChI is InChI=1S/C22H25F3N2O4S/c1-3-31-20-9-6-17(22(23,24)25)14-19(20)26-21(28)16-10-12-27(13-11-16)32(29,30)18-7-4-15(2)5-8-18/h4-9,14,16H,3,10-13H2,1-2H3,(H,26,28). The lowest BCUT2D eigenvalue weighted by Crippen LogP contribution is -2.41. The number of ether oxygens (including phenoxy) is 1. The maximum Gasteiger partial charge on any atom is 0.416 e. The molecule has 1 aliphatic rings. The predicted molar refractivity (Wildman–Crippen MR) is 114 cm³/mol. The van der Waals surface area contributed by atoms with Gasteiger partial charge in [0.05, 0.1) is 22.8 Å². The van der Waals surface area contributed by atoms with Crippen LogP contribution in [0.5, 0.6) is 5.75 Å². The van der Waals surface area contributed by atoms with Crippen molar-refractivity contribution in [1.29, 1.82) is 0 Å². The smallest absolute Gasteiger partial charge is 0.416 e. The second kappa shape index (κ2) is 9.50. The Balaban J connectivity index is 1.69. The van der Waals surface area contributed by atoms with Crippen LogP contribution in [-0.2, 0) is 21.0 Å². The van der Waals surface area contributed by atoms with Crippen LogP contribution < -0.4 is 10.1 Å². The number of hydrogen-bond acceptors (Lipinski definition) is 4. The third-order valence-corrected chi connectivity index (χ3v) is 7.26. The van der Waals surface area contributed by atoms with Crippen molar-refractivity contribution < 1.29 is 31.1 Å². The van der Waals surface area contributed by atoms with Crippen LogP contribution in [0.4, 0.5) is 18.9 Å². The van der Waals surface area contributed by atoms with Crippen LogP contribution in [0.25, 0.3) is 0 Å². The molecule has 1 aliphatic heterocycles. The molecule has 174 valence electrons. The van der Waals surface area contributed by atoms with Gasteiger partial charge in [0.25, 0.3) is 0 Å². The quantitative estimate of drug-likeness (QED) is 0.677. The molecule has 0 radical (unpaired) electrons. The average molecular weight is 471 g/mol. The Hall–Kier alpha value is -2.59. The van der Waals surface area contributed by atoms with Crippen LogP contribution in [0.1, 0.15) is 30.9 Å². The topological polar surface area (TPSA) is 75.7 Å². The molecule has 0 spiro atoms. The van der Waals surface area contributed by atoms with Crippen molar-refractivity contribution in [3.63, 3.8) is 0 Å². The van der Waals surface area contributed by atoms with Crippen molar-refractivity contribution in [2.24, 2.45) is 5.92 Å². The molecule has 6 nitrogen and oxygen atoms in total. The van der Waals surface area contributed by atoms with E-state index in [4.69, 9.17) is 4.74 Å². The molecule has 0 unspecified atom stereocenters. The van der Waals surface area contributed by atoms with Crippen LogP contribution in [0.15, 0.2) is 47.4 Å². The molecule has 1 fully saturated rings. The summed E-state index contributed by atoms with van der Waals surface area (Å²) in [5.41, 5.74) is -0.00279. The number of sulfonamides is 1. The van der Waals surface area contributed by atoms with E-state index >= 15 is 0 Å².